The highest BCUT2D eigenvalue weighted by atomic mass is 19.1. The molecule has 0 radical (unpaired) electrons. The van der Waals surface area contributed by atoms with Gasteiger partial charge >= 0.3 is 0 Å². The van der Waals surface area contributed by atoms with Crippen LogP contribution >= 0.6 is 0 Å². The van der Waals surface area contributed by atoms with Crippen LogP contribution in [-0.2, 0) is 0 Å². The van der Waals surface area contributed by atoms with Crippen molar-refractivity contribution in [2.75, 3.05) is 11.9 Å². The number of hydrogen-bond donors (Lipinski definition) is 1. The van der Waals surface area contributed by atoms with Gasteiger partial charge in [-0.25, -0.2) is 9.37 Å². The van der Waals surface area contributed by atoms with E-state index in [1.54, 1.807) is 18.3 Å². The SMILES string of the molecule is CCNc1ccc(-c2ccc(F)cc2)cn1. The molecule has 0 atom stereocenters. The molecule has 2 aromatic rings. The van der Waals surface area contributed by atoms with Gasteiger partial charge in [-0.3, -0.25) is 0 Å². The molecule has 0 spiro atoms. The third-order valence-corrected chi connectivity index (χ3v) is 2.30. The van der Waals surface area contributed by atoms with E-state index >= 15 is 0 Å². The van der Waals surface area contributed by atoms with E-state index in [0.717, 1.165) is 23.5 Å². The highest BCUT2D eigenvalue weighted by molar-refractivity contribution is 5.63. The van der Waals surface area contributed by atoms with Gasteiger partial charge in [0.25, 0.3) is 0 Å². The zero-order valence-corrected chi connectivity index (χ0v) is 9.07. The van der Waals surface area contributed by atoms with Crippen molar-refractivity contribution >= 4 is 5.82 Å². The van der Waals surface area contributed by atoms with Crippen LogP contribution in [0.5, 0.6) is 0 Å². The molecular formula is C13H13FN2. The second-order valence-corrected chi connectivity index (χ2v) is 3.47. The lowest BCUT2D eigenvalue weighted by atomic mass is 10.1. The van der Waals surface area contributed by atoms with Crippen molar-refractivity contribution in [3.63, 3.8) is 0 Å². The van der Waals surface area contributed by atoms with E-state index in [2.05, 4.69) is 10.3 Å². The first-order valence-corrected chi connectivity index (χ1v) is 5.25. The molecule has 1 heterocycles. The minimum atomic E-state index is -0.221. The summed E-state index contributed by atoms with van der Waals surface area (Å²) in [6, 6.07) is 10.3. The first-order chi connectivity index (χ1) is 7.79. The molecule has 2 nitrogen and oxygen atoms in total. The van der Waals surface area contributed by atoms with Crippen LogP contribution in [0.4, 0.5) is 10.2 Å². The Morgan fingerprint density at radius 3 is 2.31 bits per heavy atom. The van der Waals surface area contributed by atoms with E-state index in [1.165, 1.54) is 12.1 Å². The molecule has 1 aromatic heterocycles. The second kappa shape index (κ2) is 4.75. The van der Waals surface area contributed by atoms with Gasteiger partial charge in [-0.2, -0.15) is 0 Å². The molecule has 82 valence electrons. The van der Waals surface area contributed by atoms with Crippen LogP contribution in [0.25, 0.3) is 11.1 Å². The fourth-order valence-electron chi connectivity index (χ4n) is 1.49. The van der Waals surface area contributed by atoms with Gasteiger partial charge in [0.05, 0.1) is 0 Å². The van der Waals surface area contributed by atoms with Gasteiger partial charge < -0.3 is 5.32 Å². The van der Waals surface area contributed by atoms with E-state index in [9.17, 15) is 4.39 Å². The quantitative estimate of drug-likeness (QED) is 0.851. The maximum Gasteiger partial charge on any atom is 0.125 e. The molecule has 0 aliphatic carbocycles. The fourth-order valence-corrected chi connectivity index (χ4v) is 1.49. The number of rotatable bonds is 3. The molecule has 3 heteroatoms. The minimum Gasteiger partial charge on any atom is -0.370 e. The summed E-state index contributed by atoms with van der Waals surface area (Å²) in [6.45, 7) is 2.87. The predicted octanol–water partition coefficient (Wildman–Crippen LogP) is 3.32. The summed E-state index contributed by atoms with van der Waals surface area (Å²) in [5.41, 5.74) is 1.96. The topological polar surface area (TPSA) is 24.9 Å². The summed E-state index contributed by atoms with van der Waals surface area (Å²) in [4.78, 5) is 4.26. The summed E-state index contributed by atoms with van der Waals surface area (Å²) >= 11 is 0. The minimum absolute atomic E-state index is 0.221. The Bertz CT molecular complexity index is 448. The molecule has 16 heavy (non-hydrogen) atoms. The molecule has 0 saturated heterocycles. The third kappa shape index (κ3) is 2.37. The normalized spacial score (nSPS) is 10.1. The molecule has 0 aliphatic rings. The number of anilines is 1. The van der Waals surface area contributed by atoms with Crippen LogP contribution in [0, 0.1) is 5.82 Å². The molecule has 0 amide bonds. The number of nitrogens with one attached hydrogen (secondary N) is 1. The van der Waals surface area contributed by atoms with Gasteiger partial charge in [0.15, 0.2) is 0 Å². The maximum absolute atomic E-state index is 12.7. The van der Waals surface area contributed by atoms with Gasteiger partial charge in [0, 0.05) is 18.3 Å². The van der Waals surface area contributed by atoms with Crippen molar-refractivity contribution in [1.82, 2.24) is 4.98 Å². The van der Waals surface area contributed by atoms with E-state index in [-0.39, 0.29) is 5.82 Å². The second-order valence-electron chi connectivity index (χ2n) is 3.47. The molecule has 0 unspecified atom stereocenters. The van der Waals surface area contributed by atoms with E-state index in [0.29, 0.717) is 0 Å². The van der Waals surface area contributed by atoms with E-state index < -0.39 is 0 Å². The van der Waals surface area contributed by atoms with Gasteiger partial charge in [-0.15, -0.1) is 0 Å². The monoisotopic (exact) mass is 216 g/mol. The van der Waals surface area contributed by atoms with Crippen molar-refractivity contribution in [2.45, 2.75) is 6.92 Å². The number of hydrogen-bond acceptors (Lipinski definition) is 2. The molecule has 1 aromatic carbocycles. The average Bonchev–Trinajstić information content (AvgIpc) is 2.32. The number of benzene rings is 1. The number of pyridine rings is 1. The third-order valence-electron chi connectivity index (χ3n) is 2.30. The number of halogens is 1. The Balaban J connectivity index is 2.24. The molecule has 1 N–H and O–H groups in total. The highest BCUT2D eigenvalue weighted by Gasteiger charge is 1.98. The summed E-state index contributed by atoms with van der Waals surface area (Å²) in [5.74, 6) is 0.634. The highest BCUT2D eigenvalue weighted by Crippen LogP contribution is 2.19. The smallest absolute Gasteiger partial charge is 0.125 e. The Morgan fingerprint density at radius 1 is 1.06 bits per heavy atom. The number of aromatic nitrogens is 1. The van der Waals surface area contributed by atoms with Crippen molar-refractivity contribution in [3.05, 3.63) is 48.4 Å². The Kier molecular flexibility index (Phi) is 3.15. The van der Waals surface area contributed by atoms with Crippen LogP contribution < -0.4 is 5.32 Å². The summed E-state index contributed by atoms with van der Waals surface area (Å²) < 4.78 is 12.7. The van der Waals surface area contributed by atoms with E-state index in [4.69, 9.17) is 0 Å². The summed E-state index contributed by atoms with van der Waals surface area (Å²) in [7, 11) is 0. The molecule has 0 saturated carbocycles. The molecule has 0 fully saturated rings. The van der Waals surface area contributed by atoms with Crippen LogP contribution in [-0.4, -0.2) is 11.5 Å². The first kappa shape index (κ1) is 10.6. The summed E-state index contributed by atoms with van der Waals surface area (Å²) in [5, 5.41) is 3.12. The largest absolute Gasteiger partial charge is 0.370 e. The van der Waals surface area contributed by atoms with Crippen LogP contribution in [0.2, 0.25) is 0 Å². The van der Waals surface area contributed by atoms with Crippen molar-refractivity contribution in [1.29, 1.82) is 0 Å². The molecule has 0 aliphatic heterocycles. The average molecular weight is 216 g/mol. The Hall–Kier alpha value is -1.90. The van der Waals surface area contributed by atoms with Crippen molar-refractivity contribution in [3.8, 4) is 11.1 Å². The zero-order valence-electron chi connectivity index (χ0n) is 9.07. The molecule has 2 rings (SSSR count). The maximum atomic E-state index is 12.7. The van der Waals surface area contributed by atoms with Crippen molar-refractivity contribution < 1.29 is 4.39 Å². The lowest BCUT2D eigenvalue weighted by Gasteiger charge is -2.04. The first-order valence-electron chi connectivity index (χ1n) is 5.25. The van der Waals surface area contributed by atoms with Gasteiger partial charge in [-0.05, 0) is 36.8 Å². The zero-order chi connectivity index (χ0) is 11.4. The molecular weight excluding hydrogens is 203 g/mol. The Morgan fingerprint density at radius 2 is 1.75 bits per heavy atom. The number of nitrogens with zero attached hydrogens (tertiary/aromatic N) is 1. The summed E-state index contributed by atoms with van der Waals surface area (Å²) in [6.07, 6.45) is 1.78. The van der Waals surface area contributed by atoms with Gasteiger partial charge in [0.1, 0.15) is 11.6 Å². The van der Waals surface area contributed by atoms with Gasteiger partial charge in [-0.1, -0.05) is 12.1 Å². The predicted molar refractivity (Wildman–Crippen MR) is 63.8 cm³/mol. The van der Waals surface area contributed by atoms with Gasteiger partial charge in [0.2, 0.25) is 0 Å². The van der Waals surface area contributed by atoms with Crippen LogP contribution in [0.1, 0.15) is 6.92 Å². The fraction of sp³-hybridized carbons (Fsp3) is 0.154. The molecule has 0 bridgehead atoms. The van der Waals surface area contributed by atoms with Crippen LogP contribution in [0.3, 0.4) is 0 Å². The van der Waals surface area contributed by atoms with E-state index in [1.807, 2.05) is 19.1 Å². The lowest BCUT2D eigenvalue weighted by Crippen LogP contribution is -1.98. The lowest BCUT2D eigenvalue weighted by molar-refractivity contribution is 0.628. The van der Waals surface area contributed by atoms with Crippen LogP contribution in [0.15, 0.2) is 42.6 Å². The Labute approximate surface area is 94.2 Å². The van der Waals surface area contributed by atoms with Crippen molar-refractivity contribution in [2.24, 2.45) is 0 Å². The standard InChI is InChI=1S/C13H13FN2/c1-2-15-13-8-5-11(9-16-13)10-3-6-12(14)7-4-10/h3-9H,2H2,1H3,(H,15,16).